The minimum Gasteiger partial charge on any atom is -0.306 e. The van der Waals surface area contributed by atoms with Gasteiger partial charge < -0.3 is 5.32 Å². The molecular formula is C17H21FN2. The van der Waals surface area contributed by atoms with E-state index in [9.17, 15) is 4.39 Å². The van der Waals surface area contributed by atoms with Gasteiger partial charge in [0.25, 0.3) is 0 Å². The first-order valence-corrected chi connectivity index (χ1v) is 7.06. The van der Waals surface area contributed by atoms with Crippen LogP contribution >= 0.6 is 0 Å². The highest BCUT2D eigenvalue weighted by Gasteiger charge is 2.16. The van der Waals surface area contributed by atoms with Crippen molar-refractivity contribution in [2.45, 2.75) is 32.7 Å². The highest BCUT2D eigenvalue weighted by molar-refractivity contribution is 5.34. The molecule has 1 aromatic carbocycles. The molecule has 0 radical (unpaired) electrons. The Balaban J connectivity index is 2.36. The van der Waals surface area contributed by atoms with E-state index < -0.39 is 0 Å². The Labute approximate surface area is 120 Å². The summed E-state index contributed by atoms with van der Waals surface area (Å²) in [6, 6.07) is 9.97. The van der Waals surface area contributed by atoms with Gasteiger partial charge in [-0.3, -0.25) is 4.98 Å². The van der Waals surface area contributed by atoms with E-state index in [0.717, 1.165) is 12.1 Å². The van der Waals surface area contributed by atoms with Crippen LogP contribution < -0.4 is 5.32 Å². The molecule has 2 nitrogen and oxygen atoms in total. The van der Waals surface area contributed by atoms with Gasteiger partial charge in [0.15, 0.2) is 0 Å². The summed E-state index contributed by atoms with van der Waals surface area (Å²) in [6.07, 6.45) is 2.90. The van der Waals surface area contributed by atoms with Crippen molar-refractivity contribution in [2.24, 2.45) is 0 Å². The van der Waals surface area contributed by atoms with Gasteiger partial charge in [-0.25, -0.2) is 4.39 Å². The highest BCUT2D eigenvalue weighted by atomic mass is 19.1. The Hall–Kier alpha value is -1.74. The van der Waals surface area contributed by atoms with Crippen LogP contribution in [0.3, 0.4) is 0 Å². The lowest BCUT2D eigenvalue weighted by Gasteiger charge is -2.20. The molecule has 0 saturated carbocycles. The fraction of sp³-hybridized carbons (Fsp3) is 0.353. The number of benzene rings is 1. The van der Waals surface area contributed by atoms with Crippen LogP contribution in [0.4, 0.5) is 4.39 Å². The number of halogens is 1. The molecule has 0 aliphatic rings. The molecule has 1 N–H and O–H groups in total. The molecule has 0 saturated heterocycles. The van der Waals surface area contributed by atoms with Gasteiger partial charge >= 0.3 is 0 Å². The molecule has 0 aliphatic heterocycles. The number of aromatic nitrogens is 1. The maximum Gasteiger partial charge on any atom is 0.146 e. The molecule has 1 unspecified atom stereocenters. The second-order valence-electron chi connectivity index (χ2n) is 5.21. The molecule has 106 valence electrons. The third-order valence-corrected chi connectivity index (χ3v) is 3.46. The number of nitrogens with one attached hydrogen (secondary N) is 1. The number of hydrogen-bond acceptors (Lipinski definition) is 2. The molecule has 0 spiro atoms. The van der Waals surface area contributed by atoms with Crippen molar-refractivity contribution >= 4 is 0 Å². The Morgan fingerprint density at radius 3 is 2.30 bits per heavy atom. The monoisotopic (exact) mass is 272 g/mol. The third kappa shape index (κ3) is 3.23. The highest BCUT2D eigenvalue weighted by Crippen LogP contribution is 2.25. The van der Waals surface area contributed by atoms with Gasteiger partial charge in [0.05, 0.1) is 12.2 Å². The van der Waals surface area contributed by atoms with Gasteiger partial charge in [-0.1, -0.05) is 45.0 Å². The van der Waals surface area contributed by atoms with Crippen LogP contribution in [0.5, 0.6) is 0 Å². The van der Waals surface area contributed by atoms with Crippen LogP contribution in [0.15, 0.2) is 42.7 Å². The number of hydrogen-bond donors (Lipinski definition) is 1. The van der Waals surface area contributed by atoms with E-state index in [1.54, 1.807) is 12.3 Å². The molecule has 20 heavy (non-hydrogen) atoms. The number of rotatable bonds is 5. The Morgan fingerprint density at radius 2 is 1.75 bits per heavy atom. The molecular weight excluding hydrogens is 251 g/mol. The van der Waals surface area contributed by atoms with Crippen molar-refractivity contribution in [3.8, 4) is 0 Å². The van der Waals surface area contributed by atoms with Gasteiger partial charge in [0.2, 0.25) is 0 Å². The fourth-order valence-electron chi connectivity index (χ4n) is 2.30. The minimum absolute atomic E-state index is 0.135. The topological polar surface area (TPSA) is 24.9 Å². The second-order valence-corrected chi connectivity index (χ2v) is 5.21. The predicted molar refractivity (Wildman–Crippen MR) is 80.2 cm³/mol. The molecule has 0 fully saturated rings. The lowest BCUT2D eigenvalue weighted by atomic mass is 9.95. The lowest BCUT2D eigenvalue weighted by Crippen LogP contribution is -2.23. The SMILES string of the molecule is CCNC(c1ccc(C(C)C)cc1)c1ccncc1F. The maximum absolute atomic E-state index is 14.0. The third-order valence-electron chi connectivity index (χ3n) is 3.46. The van der Waals surface area contributed by atoms with Crippen LogP contribution in [0.1, 0.15) is 49.4 Å². The summed E-state index contributed by atoms with van der Waals surface area (Å²) in [5.41, 5.74) is 3.00. The van der Waals surface area contributed by atoms with E-state index in [-0.39, 0.29) is 11.9 Å². The predicted octanol–water partition coefficient (Wildman–Crippen LogP) is 4.04. The van der Waals surface area contributed by atoms with E-state index in [2.05, 4.69) is 48.4 Å². The average Bonchev–Trinajstić information content (AvgIpc) is 2.46. The first-order valence-electron chi connectivity index (χ1n) is 7.06. The fourth-order valence-corrected chi connectivity index (χ4v) is 2.30. The summed E-state index contributed by atoms with van der Waals surface area (Å²) in [5.74, 6) is 0.227. The summed E-state index contributed by atoms with van der Waals surface area (Å²) in [5, 5.41) is 3.34. The first kappa shape index (κ1) is 14.7. The zero-order valence-electron chi connectivity index (χ0n) is 12.2. The van der Waals surface area contributed by atoms with Crippen molar-refractivity contribution in [3.05, 3.63) is 65.2 Å². The van der Waals surface area contributed by atoms with Crippen LogP contribution in [-0.2, 0) is 0 Å². The van der Waals surface area contributed by atoms with E-state index in [1.165, 1.54) is 11.8 Å². The van der Waals surface area contributed by atoms with E-state index in [0.29, 0.717) is 11.5 Å². The summed E-state index contributed by atoms with van der Waals surface area (Å²) in [7, 11) is 0. The molecule has 2 aromatic rings. The van der Waals surface area contributed by atoms with E-state index in [4.69, 9.17) is 0 Å². The number of nitrogens with zero attached hydrogens (tertiary/aromatic N) is 1. The Bertz CT molecular complexity index is 549. The Morgan fingerprint density at radius 1 is 1.10 bits per heavy atom. The maximum atomic E-state index is 14.0. The van der Waals surface area contributed by atoms with E-state index in [1.807, 2.05) is 6.92 Å². The van der Waals surface area contributed by atoms with Crippen LogP contribution in [0.2, 0.25) is 0 Å². The molecule has 2 rings (SSSR count). The first-order chi connectivity index (χ1) is 9.63. The van der Waals surface area contributed by atoms with Gasteiger partial charge in [0, 0.05) is 11.8 Å². The molecule has 1 aromatic heterocycles. The quantitative estimate of drug-likeness (QED) is 0.888. The van der Waals surface area contributed by atoms with Gasteiger partial charge in [-0.05, 0) is 29.7 Å². The van der Waals surface area contributed by atoms with E-state index >= 15 is 0 Å². The normalized spacial score (nSPS) is 12.7. The molecule has 0 aliphatic carbocycles. The zero-order valence-corrected chi connectivity index (χ0v) is 12.2. The van der Waals surface area contributed by atoms with Crippen molar-refractivity contribution in [1.82, 2.24) is 10.3 Å². The second kappa shape index (κ2) is 6.62. The lowest BCUT2D eigenvalue weighted by molar-refractivity contribution is 0.554. The summed E-state index contributed by atoms with van der Waals surface area (Å²) >= 11 is 0. The summed E-state index contributed by atoms with van der Waals surface area (Å²) in [6.45, 7) is 7.13. The summed E-state index contributed by atoms with van der Waals surface area (Å²) in [4.78, 5) is 3.82. The van der Waals surface area contributed by atoms with Crippen molar-refractivity contribution in [3.63, 3.8) is 0 Å². The molecule has 1 atom stereocenters. The average molecular weight is 272 g/mol. The smallest absolute Gasteiger partial charge is 0.146 e. The van der Waals surface area contributed by atoms with Crippen LogP contribution in [0.25, 0.3) is 0 Å². The molecule has 3 heteroatoms. The minimum atomic E-state index is -0.272. The Kier molecular flexibility index (Phi) is 4.85. The molecule has 0 amide bonds. The largest absolute Gasteiger partial charge is 0.306 e. The summed E-state index contributed by atoms with van der Waals surface area (Å²) < 4.78 is 14.0. The molecule has 1 heterocycles. The van der Waals surface area contributed by atoms with Gasteiger partial charge in [-0.15, -0.1) is 0 Å². The zero-order chi connectivity index (χ0) is 14.5. The van der Waals surface area contributed by atoms with Crippen molar-refractivity contribution in [1.29, 1.82) is 0 Å². The van der Waals surface area contributed by atoms with Gasteiger partial charge in [0.1, 0.15) is 5.82 Å². The van der Waals surface area contributed by atoms with Crippen LogP contribution in [0, 0.1) is 5.82 Å². The number of pyridine rings is 1. The van der Waals surface area contributed by atoms with Crippen molar-refractivity contribution < 1.29 is 4.39 Å². The van der Waals surface area contributed by atoms with Crippen molar-refractivity contribution in [2.75, 3.05) is 6.54 Å². The van der Waals surface area contributed by atoms with Gasteiger partial charge in [-0.2, -0.15) is 0 Å². The van der Waals surface area contributed by atoms with Crippen LogP contribution in [-0.4, -0.2) is 11.5 Å². The molecule has 0 bridgehead atoms. The standard InChI is InChI=1S/C17H21FN2/c1-4-20-17(15-9-10-19-11-16(15)18)14-7-5-13(6-8-14)12(2)3/h5-12,17,20H,4H2,1-3H3.